The summed E-state index contributed by atoms with van der Waals surface area (Å²) in [4.78, 5) is 12.3. The third-order valence-corrected chi connectivity index (χ3v) is 3.53. The number of thiophene rings is 1. The van der Waals surface area contributed by atoms with Crippen molar-refractivity contribution in [2.45, 2.75) is 19.4 Å². The van der Waals surface area contributed by atoms with Gasteiger partial charge in [0.1, 0.15) is 0 Å². The molecule has 1 atom stereocenters. The summed E-state index contributed by atoms with van der Waals surface area (Å²) in [7, 11) is 0. The quantitative estimate of drug-likeness (QED) is 0.884. The van der Waals surface area contributed by atoms with E-state index in [1.807, 2.05) is 13.0 Å². The van der Waals surface area contributed by atoms with Crippen LogP contribution in [0, 0.1) is 0 Å². The lowest BCUT2D eigenvalue weighted by molar-refractivity contribution is 0.0941. The van der Waals surface area contributed by atoms with E-state index in [-0.39, 0.29) is 11.9 Å². The number of carbonyl (C=O) groups excluding carboxylic acids is 1. The standard InChI is InChI=1S/C9H13BrN2OS/c1-2-6(5-11)12-9(13)7-3-4-8(10)14-7/h3-4,6H,2,5,11H2,1H3,(H,12,13). The van der Waals surface area contributed by atoms with E-state index in [0.717, 1.165) is 10.2 Å². The Morgan fingerprint density at radius 3 is 2.86 bits per heavy atom. The molecule has 0 spiro atoms. The van der Waals surface area contributed by atoms with Crippen molar-refractivity contribution < 1.29 is 4.79 Å². The lowest BCUT2D eigenvalue weighted by atomic mass is 10.2. The van der Waals surface area contributed by atoms with E-state index in [1.54, 1.807) is 6.07 Å². The molecule has 3 N–H and O–H groups in total. The Balaban J connectivity index is 2.58. The summed E-state index contributed by atoms with van der Waals surface area (Å²) < 4.78 is 0.962. The van der Waals surface area contributed by atoms with Gasteiger partial charge in [-0.2, -0.15) is 0 Å². The van der Waals surface area contributed by atoms with Gasteiger partial charge in [0.25, 0.3) is 5.91 Å². The second-order valence-corrected chi connectivity index (χ2v) is 5.38. The minimum absolute atomic E-state index is 0.0435. The van der Waals surface area contributed by atoms with Crippen LogP contribution >= 0.6 is 27.3 Å². The first-order valence-electron chi connectivity index (χ1n) is 4.43. The molecule has 5 heteroatoms. The summed E-state index contributed by atoms with van der Waals surface area (Å²) in [5, 5.41) is 2.87. The maximum absolute atomic E-state index is 11.6. The summed E-state index contributed by atoms with van der Waals surface area (Å²) >= 11 is 4.74. The number of hydrogen-bond donors (Lipinski definition) is 2. The molecule has 1 unspecified atom stereocenters. The molecule has 0 aliphatic heterocycles. The van der Waals surface area contributed by atoms with Crippen LogP contribution in [0.3, 0.4) is 0 Å². The molecule has 0 saturated carbocycles. The zero-order chi connectivity index (χ0) is 10.6. The molecule has 0 radical (unpaired) electrons. The van der Waals surface area contributed by atoms with E-state index < -0.39 is 0 Å². The van der Waals surface area contributed by atoms with Crippen molar-refractivity contribution in [3.63, 3.8) is 0 Å². The minimum Gasteiger partial charge on any atom is -0.347 e. The smallest absolute Gasteiger partial charge is 0.261 e. The van der Waals surface area contributed by atoms with Crippen molar-refractivity contribution in [1.29, 1.82) is 0 Å². The highest BCUT2D eigenvalue weighted by molar-refractivity contribution is 9.11. The summed E-state index contributed by atoms with van der Waals surface area (Å²) in [5.41, 5.74) is 5.49. The zero-order valence-electron chi connectivity index (χ0n) is 7.92. The third-order valence-electron chi connectivity index (χ3n) is 1.91. The summed E-state index contributed by atoms with van der Waals surface area (Å²) in [6.45, 7) is 2.48. The van der Waals surface area contributed by atoms with E-state index in [2.05, 4.69) is 21.2 Å². The van der Waals surface area contributed by atoms with E-state index in [0.29, 0.717) is 11.4 Å². The fourth-order valence-corrected chi connectivity index (χ4v) is 2.31. The molecular weight excluding hydrogens is 264 g/mol. The highest BCUT2D eigenvalue weighted by Gasteiger charge is 2.12. The van der Waals surface area contributed by atoms with Crippen LogP contribution in [0.15, 0.2) is 15.9 Å². The Bertz CT molecular complexity index is 310. The van der Waals surface area contributed by atoms with E-state index in [1.165, 1.54) is 11.3 Å². The second-order valence-electron chi connectivity index (χ2n) is 2.92. The van der Waals surface area contributed by atoms with E-state index in [4.69, 9.17) is 5.73 Å². The van der Waals surface area contributed by atoms with Crippen LogP contribution in [0.2, 0.25) is 0 Å². The van der Waals surface area contributed by atoms with Gasteiger partial charge in [-0.05, 0) is 34.5 Å². The van der Waals surface area contributed by atoms with Gasteiger partial charge in [-0.1, -0.05) is 6.92 Å². The molecule has 0 aliphatic carbocycles. The van der Waals surface area contributed by atoms with Gasteiger partial charge in [0.15, 0.2) is 0 Å². The molecule has 1 heterocycles. The number of carbonyl (C=O) groups is 1. The van der Waals surface area contributed by atoms with Crippen molar-refractivity contribution in [2.24, 2.45) is 5.73 Å². The Labute approximate surface area is 95.8 Å². The van der Waals surface area contributed by atoms with Crippen molar-refractivity contribution in [2.75, 3.05) is 6.54 Å². The Kier molecular flexibility index (Phi) is 4.57. The first-order valence-corrected chi connectivity index (χ1v) is 6.04. The Hall–Kier alpha value is -0.390. The second kappa shape index (κ2) is 5.48. The topological polar surface area (TPSA) is 55.1 Å². The molecule has 1 aromatic rings. The van der Waals surface area contributed by atoms with Crippen molar-refractivity contribution in [3.05, 3.63) is 20.8 Å². The number of nitrogens with two attached hydrogens (primary N) is 1. The van der Waals surface area contributed by atoms with Crippen LogP contribution in [0.25, 0.3) is 0 Å². The molecular formula is C9H13BrN2OS. The van der Waals surface area contributed by atoms with Gasteiger partial charge in [0.05, 0.1) is 8.66 Å². The molecule has 78 valence electrons. The van der Waals surface area contributed by atoms with Crippen molar-refractivity contribution in [1.82, 2.24) is 5.32 Å². The average molecular weight is 277 g/mol. The molecule has 3 nitrogen and oxygen atoms in total. The van der Waals surface area contributed by atoms with Gasteiger partial charge in [-0.15, -0.1) is 11.3 Å². The lowest BCUT2D eigenvalue weighted by Crippen LogP contribution is -2.39. The van der Waals surface area contributed by atoms with Gasteiger partial charge in [0.2, 0.25) is 0 Å². The number of amides is 1. The van der Waals surface area contributed by atoms with Crippen molar-refractivity contribution >= 4 is 33.2 Å². The van der Waals surface area contributed by atoms with Crippen LogP contribution < -0.4 is 11.1 Å². The van der Waals surface area contributed by atoms with Crippen LogP contribution in [-0.4, -0.2) is 18.5 Å². The van der Waals surface area contributed by atoms with Gasteiger partial charge in [-0.25, -0.2) is 0 Å². The number of nitrogens with one attached hydrogen (secondary N) is 1. The predicted octanol–water partition coefficient (Wildman–Crippen LogP) is 1.98. The molecule has 1 amide bonds. The maximum Gasteiger partial charge on any atom is 0.261 e. The normalized spacial score (nSPS) is 12.5. The zero-order valence-corrected chi connectivity index (χ0v) is 10.3. The number of rotatable bonds is 4. The van der Waals surface area contributed by atoms with Crippen LogP contribution in [0.4, 0.5) is 0 Å². The lowest BCUT2D eigenvalue weighted by Gasteiger charge is -2.13. The fourth-order valence-electron chi connectivity index (χ4n) is 1.02. The first kappa shape index (κ1) is 11.7. The molecule has 0 aliphatic rings. The van der Waals surface area contributed by atoms with Gasteiger partial charge in [0, 0.05) is 12.6 Å². The van der Waals surface area contributed by atoms with E-state index >= 15 is 0 Å². The summed E-state index contributed by atoms with van der Waals surface area (Å²) in [6.07, 6.45) is 0.856. The summed E-state index contributed by atoms with van der Waals surface area (Å²) in [5.74, 6) is -0.0435. The molecule has 1 aromatic heterocycles. The molecule has 0 fully saturated rings. The van der Waals surface area contributed by atoms with Crippen LogP contribution in [0.5, 0.6) is 0 Å². The molecule has 0 aromatic carbocycles. The van der Waals surface area contributed by atoms with Crippen LogP contribution in [-0.2, 0) is 0 Å². The maximum atomic E-state index is 11.6. The molecule has 14 heavy (non-hydrogen) atoms. The molecule has 1 rings (SSSR count). The Morgan fingerprint density at radius 2 is 2.43 bits per heavy atom. The fraction of sp³-hybridized carbons (Fsp3) is 0.444. The largest absolute Gasteiger partial charge is 0.347 e. The SMILES string of the molecule is CCC(CN)NC(=O)c1ccc(Br)s1. The number of halogens is 1. The van der Waals surface area contributed by atoms with Gasteiger partial charge < -0.3 is 11.1 Å². The average Bonchev–Trinajstić information content (AvgIpc) is 2.61. The Morgan fingerprint density at radius 1 is 1.71 bits per heavy atom. The van der Waals surface area contributed by atoms with Gasteiger partial charge in [-0.3, -0.25) is 4.79 Å². The van der Waals surface area contributed by atoms with Crippen molar-refractivity contribution in [3.8, 4) is 0 Å². The first-order chi connectivity index (χ1) is 6.67. The monoisotopic (exact) mass is 276 g/mol. The third kappa shape index (κ3) is 3.08. The number of hydrogen-bond acceptors (Lipinski definition) is 3. The molecule has 0 saturated heterocycles. The predicted molar refractivity (Wildman–Crippen MR) is 62.6 cm³/mol. The molecule has 0 bridgehead atoms. The highest BCUT2D eigenvalue weighted by Crippen LogP contribution is 2.21. The van der Waals surface area contributed by atoms with E-state index in [9.17, 15) is 4.79 Å². The van der Waals surface area contributed by atoms with Gasteiger partial charge >= 0.3 is 0 Å². The minimum atomic E-state index is -0.0435. The van der Waals surface area contributed by atoms with Crippen LogP contribution in [0.1, 0.15) is 23.0 Å². The highest BCUT2D eigenvalue weighted by atomic mass is 79.9. The summed E-state index contributed by atoms with van der Waals surface area (Å²) in [6, 6.07) is 3.74.